The van der Waals surface area contributed by atoms with Crippen molar-refractivity contribution in [2.75, 3.05) is 7.11 Å². The predicted octanol–water partition coefficient (Wildman–Crippen LogP) is 3.69. The molecule has 1 atom stereocenters. The van der Waals surface area contributed by atoms with Crippen LogP contribution in [-0.2, 0) is 17.9 Å². The smallest absolute Gasteiger partial charge is 0.237 e. The van der Waals surface area contributed by atoms with Gasteiger partial charge in [0.15, 0.2) is 11.5 Å². The number of nitrogens with two attached hydrogens (primary N) is 1. The van der Waals surface area contributed by atoms with E-state index >= 15 is 0 Å². The Morgan fingerprint density at radius 1 is 1.07 bits per heavy atom. The number of methoxy groups -OCH3 is 1. The number of hydrogen-bond acceptors (Lipinski definition) is 4. The van der Waals surface area contributed by atoms with Crippen LogP contribution in [0.3, 0.4) is 0 Å². The van der Waals surface area contributed by atoms with Crippen LogP contribution in [0.15, 0.2) is 48.5 Å². The van der Waals surface area contributed by atoms with Crippen LogP contribution in [0.1, 0.15) is 31.4 Å². The molecule has 3 N–H and O–H groups in total. The first-order valence-corrected chi connectivity index (χ1v) is 8.86. The molecule has 0 aromatic heterocycles. The zero-order valence-electron chi connectivity index (χ0n) is 16.1. The van der Waals surface area contributed by atoms with E-state index in [0.717, 1.165) is 11.1 Å². The Balaban J connectivity index is 0.00000364. The maximum absolute atomic E-state index is 12.0. The number of halogens is 1. The zero-order chi connectivity index (χ0) is 18.9. The minimum Gasteiger partial charge on any atom is -0.493 e. The maximum Gasteiger partial charge on any atom is 0.237 e. The molecular formula is C21H29ClN2O3. The van der Waals surface area contributed by atoms with Gasteiger partial charge in [-0.05, 0) is 35.6 Å². The number of hydrogen-bond donors (Lipinski definition) is 2. The lowest BCUT2D eigenvalue weighted by atomic mass is 10.0. The van der Waals surface area contributed by atoms with E-state index in [0.29, 0.717) is 37.0 Å². The molecule has 148 valence electrons. The SMILES string of the molecule is COc1cc(CNC(=O)[C@@H](N)CC(C)C)ccc1OCc1ccccc1.Cl. The number of amides is 1. The fourth-order valence-corrected chi connectivity index (χ4v) is 2.61. The Hall–Kier alpha value is -2.24. The lowest BCUT2D eigenvalue weighted by molar-refractivity contribution is -0.122. The maximum atomic E-state index is 12.0. The van der Waals surface area contributed by atoms with Gasteiger partial charge in [-0.15, -0.1) is 12.4 Å². The number of benzene rings is 2. The topological polar surface area (TPSA) is 73.6 Å². The van der Waals surface area contributed by atoms with Gasteiger partial charge in [-0.25, -0.2) is 0 Å². The summed E-state index contributed by atoms with van der Waals surface area (Å²) in [6.45, 7) is 4.97. The number of nitrogens with one attached hydrogen (secondary N) is 1. The molecule has 2 aromatic carbocycles. The summed E-state index contributed by atoms with van der Waals surface area (Å²) in [5, 5.41) is 2.87. The third kappa shape index (κ3) is 7.49. The molecule has 0 fully saturated rings. The molecule has 0 spiro atoms. The summed E-state index contributed by atoms with van der Waals surface area (Å²) in [6, 6.07) is 15.1. The molecule has 0 radical (unpaired) electrons. The van der Waals surface area contributed by atoms with Gasteiger partial charge in [0.25, 0.3) is 0 Å². The molecular weight excluding hydrogens is 364 g/mol. The average molecular weight is 393 g/mol. The number of carbonyl (C=O) groups is 1. The quantitative estimate of drug-likeness (QED) is 0.682. The zero-order valence-corrected chi connectivity index (χ0v) is 16.9. The molecule has 27 heavy (non-hydrogen) atoms. The van der Waals surface area contributed by atoms with E-state index in [1.807, 2.05) is 62.4 Å². The van der Waals surface area contributed by atoms with Crippen LogP contribution in [0.5, 0.6) is 11.5 Å². The lowest BCUT2D eigenvalue weighted by Crippen LogP contribution is -2.41. The second-order valence-electron chi connectivity index (χ2n) is 6.71. The first-order valence-electron chi connectivity index (χ1n) is 8.86. The van der Waals surface area contributed by atoms with E-state index in [4.69, 9.17) is 15.2 Å². The number of rotatable bonds is 9. The van der Waals surface area contributed by atoms with Crippen LogP contribution in [-0.4, -0.2) is 19.1 Å². The monoisotopic (exact) mass is 392 g/mol. The van der Waals surface area contributed by atoms with E-state index in [1.54, 1.807) is 7.11 Å². The van der Waals surface area contributed by atoms with Crippen LogP contribution in [0.4, 0.5) is 0 Å². The summed E-state index contributed by atoms with van der Waals surface area (Å²) < 4.78 is 11.3. The summed E-state index contributed by atoms with van der Waals surface area (Å²) in [5.41, 5.74) is 7.92. The van der Waals surface area contributed by atoms with Gasteiger partial charge in [0.1, 0.15) is 6.61 Å². The minimum absolute atomic E-state index is 0. The average Bonchev–Trinajstić information content (AvgIpc) is 2.64. The Labute approximate surface area is 167 Å². The Morgan fingerprint density at radius 3 is 2.41 bits per heavy atom. The van der Waals surface area contributed by atoms with E-state index in [-0.39, 0.29) is 18.3 Å². The summed E-state index contributed by atoms with van der Waals surface area (Å²) >= 11 is 0. The summed E-state index contributed by atoms with van der Waals surface area (Å²) in [4.78, 5) is 12.0. The molecule has 0 saturated carbocycles. The van der Waals surface area contributed by atoms with Gasteiger partial charge in [-0.3, -0.25) is 4.79 Å². The minimum atomic E-state index is -0.481. The summed E-state index contributed by atoms with van der Waals surface area (Å²) in [7, 11) is 1.60. The van der Waals surface area contributed by atoms with E-state index in [9.17, 15) is 4.79 Å². The third-order valence-corrected chi connectivity index (χ3v) is 3.99. The third-order valence-electron chi connectivity index (χ3n) is 3.99. The lowest BCUT2D eigenvalue weighted by Gasteiger charge is -2.15. The Kier molecular flexibility index (Phi) is 9.68. The van der Waals surface area contributed by atoms with Gasteiger partial charge < -0.3 is 20.5 Å². The molecule has 0 aliphatic carbocycles. The molecule has 5 nitrogen and oxygen atoms in total. The van der Waals surface area contributed by atoms with E-state index in [2.05, 4.69) is 5.32 Å². The van der Waals surface area contributed by atoms with Crippen molar-refractivity contribution in [1.29, 1.82) is 0 Å². The standard InChI is InChI=1S/C21H28N2O3.ClH/c1-15(2)11-18(22)21(24)23-13-17-9-10-19(20(12-17)25-3)26-14-16-7-5-4-6-8-16;/h4-10,12,15,18H,11,13-14,22H2,1-3H3,(H,23,24);1H/t18-;/m0./s1. The molecule has 0 saturated heterocycles. The Morgan fingerprint density at radius 2 is 1.78 bits per heavy atom. The highest BCUT2D eigenvalue weighted by atomic mass is 35.5. The molecule has 0 heterocycles. The second-order valence-corrected chi connectivity index (χ2v) is 6.71. The van der Waals surface area contributed by atoms with Gasteiger partial charge in [0.2, 0.25) is 5.91 Å². The normalized spacial score (nSPS) is 11.4. The van der Waals surface area contributed by atoms with Crippen molar-refractivity contribution in [2.24, 2.45) is 11.7 Å². The molecule has 6 heteroatoms. The second kappa shape index (κ2) is 11.5. The van der Waals surface area contributed by atoms with Crippen molar-refractivity contribution in [2.45, 2.75) is 39.5 Å². The molecule has 0 aliphatic heterocycles. The molecule has 0 aliphatic rings. The highest BCUT2D eigenvalue weighted by molar-refractivity contribution is 5.85. The van der Waals surface area contributed by atoms with Crippen LogP contribution >= 0.6 is 12.4 Å². The molecule has 1 amide bonds. The Bertz CT molecular complexity index is 708. The van der Waals surface area contributed by atoms with Crippen molar-refractivity contribution < 1.29 is 14.3 Å². The first-order chi connectivity index (χ1) is 12.5. The number of carbonyl (C=O) groups excluding carboxylic acids is 1. The fraction of sp³-hybridized carbons (Fsp3) is 0.381. The molecule has 0 bridgehead atoms. The fourth-order valence-electron chi connectivity index (χ4n) is 2.61. The van der Waals surface area contributed by atoms with Crippen LogP contribution in [0.2, 0.25) is 0 Å². The van der Waals surface area contributed by atoms with Gasteiger partial charge in [-0.1, -0.05) is 50.2 Å². The highest BCUT2D eigenvalue weighted by Crippen LogP contribution is 2.28. The van der Waals surface area contributed by atoms with Gasteiger partial charge in [0, 0.05) is 6.54 Å². The molecule has 2 rings (SSSR count). The number of ether oxygens (including phenoxy) is 2. The largest absolute Gasteiger partial charge is 0.493 e. The van der Waals surface area contributed by atoms with Crippen LogP contribution < -0.4 is 20.5 Å². The molecule has 2 aromatic rings. The van der Waals surface area contributed by atoms with Crippen LogP contribution in [0.25, 0.3) is 0 Å². The van der Waals surface area contributed by atoms with E-state index in [1.165, 1.54) is 0 Å². The van der Waals surface area contributed by atoms with Crippen molar-refractivity contribution in [3.63, 3.8) is 0 Å². The highest BCUT2D eigenvalue weighted by Gasteiger charge is 2.15. The summed E-state index contributed by atoms with van der Waals surface area (Å²) in [6.07, 6.45) is 0.668. The summed E-state index contributed by atoms with van der Waals surface area (Å²) in [5.74, 6) is 1.56. The van der Waals surface area contributed by atoms with Gasteiger partial charge in [0.05, 0.1) is 13.2 Å². The van der Waals surface area contributed by atoms with Crippen molar-refractivity contribution in [3.05, 3.63) is 59.7 Å². The van der Waals surface area contributed by atoms with Crippen LogP contribution in [0, 0.1) is 5.92 Å². The first kappa shape index (κ1) is 22.8. The van der Waals surface area contributed by atoms with E-state index < -0.39 is 6.04 Å². The van der Waals surface area contributed by atoms with Gasteiger partial charge in [-0.2, -0.15) is 0 Å². The van der Waals surface area contributed by atoms with Crippen molar-refractivity contribution in [1.82, 2.24) is 5.32 Å². The molecule has 0 unspecified atom stereocenters. The van der Waals surface area contributed by atoms with Crippen molar-refractivity contribution in [3.8, 4) is 11.5 Å². The van der Waals surface area contributed by atoms with Gasteiger partial charge >= 0.3 is 0 Å². The van der Waals surface area contributed by atoms with Crippen molar-refractivity contribution >= 4 is 18.3 Å². The predicted molar refractivity (Wildman–Crippen MR) is 110 cm³/mol.